The van der Waals surface area contributed by atoms with Crippen LogP contribution in [0.25, 0.3) is 11.2 Å². The summed E-state index contributed by atoms with van der Waals surface area (Å²) in [6.45, 7) is 2.24. The van der Waals surface area contributed by atoms with E-state index < -0.39 is 0 Å². The molecule has 1 fully saturated rings. The first kappa shape index (κ1) is 25.8. The van der Waals surface area contributed by atoms with Crippen LogP contribution in [-0.4, -0.2) is 95.8 Å². The number of hydrogen-bond donors (Lipinski definition) is 1. The number of fused-ring (bicyclic) bond motifs is 1. The Labute approximate surface area is 200 Å². The quantitative estimate of drug-likeness (QED) is 0.424. The van der Waals surface area contributed by atoms with Crippen molar-refractivity contribution >= 4 is 29.1 Å². The Bertz CT molecular complexity index is 962. The van der Waals surface area contributed by atoms with Crippen LogP contribution in [0.5, 0.6) is 0 Å². The molecule has 1 saturated carbocycles. The van der Waals surface area contributed by atoms with Gasteiger partial charge in [-0.05, 0) is 60.5 Å². The molecule has 2 aromatic heterocycles. The van der Waals surface area contributed by atoms with Crippen molar-refractivity contribution in [3.05, 3.63) is 12.5 Å². The molecule has 2 aromatic rings. The first-order chi connectivity index (χ1) is 16.2. The summed E-state index contributed by atoms with van der Waals surface area (Å²) >= 11 is 0. The predicted octanol–water partition coefficient (Wildman–Crippen LogP) is 1.36. The number of carbonyl (C=O) groups is 2. The van der Waals surface area contributed by atoms with Gasteiger partial charge >= 0.3 is 11.9 Å². The van der Waals surface area contributed by atoms with E-state index in [1.54, 1.807) is 12.5 Å². The zero-order valence-corrected chi connectivity index (χ0v) is 20.6. The predicted molar refractivity (Wildman–Crippen MR) is 128 cm³/mol. The van der Waals surface area contributed by atoms with Crippen LogP contribution in [0.4, 0.5) is 5.95 Å². The van der Waals surface area contributed by atoms with Crippen LogP contribution in [0.3, 0.4) is 0 Å². The number of nitrogen functional groups attached to an aromatic ring is 1. The molecule has 0 spiro atoms. The molecule has 2 N–H and O–H groups in total. The molecule has 0 saturated heterocycles. The Balaban J connectivity index is 1.61. The fourth-order valence-corrected chi connectivity index (χ4v) is 4.23. The first-order valence-corrected chi connectivity index (χ1v) is 11.8. The zero-order valence-electron chi connectivity index (χ0n) is 20.6. The van der Waals surface area contributed by atoms with Crippen molar-refractivity contribution in [3.63, 3.8) is 0 Å². The highest BCUT2D eigenvalue weighted by molar-refractivity contribution is 5.71. The van der Waals surface area contributed by atoms with Gasteiger partial charge in [0, 0.05) is 30.7 Å². The third kappa shape index (κ3) is 7.10. The zero-order chi connectivity index (χ0) is 24.7. The molecule has 0 radical (unpaired) electrons. The number of carbonyl (C=O) groups excluding carboxylic acids is 2. The van der Waals surface area contributed by atoms with E-state index in [0.717, 1.165) is 32.4 Å². The van der Waals surface area contributed by atoms with Crippen LogP contribution in [0.15, 0.2) is 12.5 Å². The minimum Gasteiger partial charge on any atom is -0.465 e. The van der Waals surface area contributed by atoms with Crippen LogP contribution in [0.2, 0.25) is 0 Å². The van der Waals surface area contributed by atoms with Crippen molar-refractivity contribution in [1.82, 2.24) is 29.3 Å². The maximum absolute atomic E-state index is 12.3. The third-order valence-corrected chi connectivity index (χ3v) is 6.20. The molecule has 0 unspecified atom stereocenters. The van der Waals surface area contributed by atoms with E-state index in [0.29, 0.717) is 30.6 Å². The smallest absolute Gasteiger partial charge is 0.305 e. The van der Waals surface area contributed by atoms with Gasteiger partial charge in [0.2, 0.25) is 5.95 Å². The Morgan fingerprint density at radius 2 is 1.65 bits per heavy atom. The molecule has 11 heteroatoms. The molecule has 0 aliphatic heterocycles. The van der Waals surface area contributed by atoms with Gasteiger partial charge in [-0.2, -0.15) is 4.98 Å². The number of ether oxygens (including phenoxy) is 2. The fraction of sp³-hybridized carbons (Fsp3) is 0.696. The lowest BCUT2D eigenvalue weighted by Gasteiger charge is -2.44. The van der Waals surface area contributed by atoms with Crippen LogP contribution in [0.1, 0.15) is 38.1 Å². The summed E-state index contributed by atoms with van der Waals surface area (Å²) in [7, 11) is 7.90. The Hall–Kier alpha value is -2.79. The summed E-state index contributed by atoms with van der Waals surface area (Å²) in [5.41, 5.74) is 7.09. The van der Waals surface area contributed by atoms with Crippen molar-refractivity contribution in [2.75, 3.05) is 60.2 Å². The van der Waals surface area contributed by atoms with Gasteiger partial charge in [-0.1, -0.05) is 0 Å². The Kier molecular flexibility index (Phi) is 9.17. The maximum atomic E-state index is 12.3. The SMILES string of the molecule is CN(C)CCCC(=O)OC[C@H]1C[C@@H](n2cnc3cnc(N)nc32)[C@@H]1COC(=O)CCCN(C)C. The summed E-state index contributed by atoms with van der Waals surface area (Å²) in [6, 6.07) is 0.0197. The summed E-state index contributed by atoms with van der Waals surface area (Å²) in [5, 5.41) is 0. The molecule has 0 bridgehead atoms. The van der Waals surface area contributed by atoms with Crippen LogP contribution >= 0.6 is 0 Å². The lowest BCUT2D eigenvalue weighted by atomic mass is 9.69. The summed E-state index contributed by atoms with van der Waals surface area (Å²) in [4.78, 5) is 41.2. The molecule has 34 heavy (non-hydrogen) atoms. The molecule has 1 aliphatic rings. The number of nitrogens with two attached hydrogens (primary N) is 1. The van der Waals surface area contributed by atoms with Crippen LogP contribution < -0.4 is 5.73 Å². The summed E-state index contributed by atoms with van der Waals surface area (Å²) < 4.78 is 13.1. The van der Waals surface area contributed by atoms with Crippen molar-refractivity contribution in [2.24, 2.45) is 11.8 Å². The molecule has 188 valence electrons. The molecular weight excluding hydrogens is 438 g/mol. The minimum atomic E-state index is -0.214. The molecule has 0 aromatic carbocycles. The van der Waals surface area contributed by atoms with E-state index in [-0.39, 0.29) is 42.4 Å². The van der Waals surface area contributed by atoms with Gasteiger partial charge in [0.15, 0.2) is 5.65 Å². The second-order valence-electron chi connectivity index (χ2n) is 9.50. The monoisotopic (exact) mass is 475 g/mol. The lowest BCUT2D eigenvalue weighted by molar-refractivity contribution is -0.155. The Morgan fingerprint density at radius 1 is 1.03 bits per heavy atom. The van der Waals surface area contributed by atoms with E-state index in [2.05, 4.69) is 15.0 Å². The second kappa shape index (κ2) is 12.1. The molecule has 1 aliphatic carbocycles. The molecule has 3 atom stereocenters. The van der Waals surface area contributed by atoms with E-state index in [4.69, 9.17) is 15.2 Å². The second-order valence-corrected chi connectivity index (χ2v) is 9.50. The number of esters is 2. The highest BCUT2D eigenvalue weighted by atomic mass is 16.5. The molecule has 11 nitrogen and oxygen atoms in total. The number of rotatable bonds is 13. The van der Waals surface area contributed by atoms with Crippen LogP contribution in [-0.2, 0) is 19.1 Å². The third-order valence-electron chi connectivity index (χ3n) is 6.20. The first-order valence-electron chi connectivity index (χ1n) is 11.8. The summed E-state index contributed by atoms with van der Waals surface area (Å²) in [6.07, 6.45) is 6.36. The van der Waals surface area contributed by atoms with Gasteiger partial charge in [0.25, 0.3) is 0 Å². The number of hydrogen-bond acceptors (Lipinski definition) is 10. The summed E-state index contributed by atoms with van der Waals surface area (Å²) in [5.74, 6) is -0.150. The average molecular weight is 476 g/mol. The lowest BCUT2D eigenvalue weighted by Crippen LogP contribution is -2.44. The van der Waals surface area contributed by atoms with Crippen molar-refractivity contribution in [3.8, 4) is 0 Å². The Morgan fingerprint density at radius 3 is 2.26 bits per heavy atom. The fourth-order valence-electron chi connectivity index (χ4n) is 4.23. The van der Waals surface area contributed by atoms with E-state index >= 15 is 0 Å². The number of nitrogens with zero attached hydrogens (tertiary/aromatic N) is 6. The van der Waals surface area contributed by atoms with Gasteiger partial charge in [-0.15, -0.1) is 0 Å². The normalized spacial score (nSPS) is 20.0. The van der Waals surface area contributed by atoms with Gasteiger partial charge in [0.1, 0.15) is 5.52 Å². The standard InChI is InChI=1S/C23H37N7O4/c1-28(2)9-5-7-20(31)33-13-16-11-19(17(16)14-34-21(32)8-6-10-29(3)4)30-15-26-18-12-25-23(24)27-22(18)30/h12,15-17,19H,5-11,13-14H2,1-4H3,(H2,24,25,27)/t16-,17-,19-/m1/s1. The molecule has 2 heterocycles. The van der Waals surface area contributed by atoms with E-state index in [1.807, 2.05) is 42.6 Å². The van der Waals surface area contributed by atoms with Crippen molar-refractivity contribution in [1.29, 1.82) is 0 Å². The highest BCUT2D eigenvalue weighted by Crippen LogP contribution is 2.45. The maximum Gasteiger partial charge on any atom is 0.305 e. The minimum absolute atomic E-state index is 0.0130. The van der Waals surface area contributed by atoms with E-state index in [1.165, 1.54) is 0 Å². The van der Waals surface area contributed by atoms with Crippen molar-refractivity contribution < 1.29 is 19.1 Å². The molecule has 3 rings (SSSR count). The van der Waals surface area contributed by atoms with Gasteiger partial charge in [-0.3, -0.25) is 9.59 Å². The van der Waals surface area contributed by atoms with E-state index in [9.17, 15) is 9.59 Å². The molecule has 0 amide bonds. The van der Waals surface area contributed by atoms with Crippen LogP contribution in [0, 0.1) is 11.8 Å². The number of anilines is 1. The number of aromatic nitrogens is 4. The molecular formula is C23H37N7O4. The number of imidazole rings is 1. The van der Waals surface area contributed by atoms with Crippen molar-refractivity contribution in [2.45, 2.75) is 38.1 Å². The van der Waals surface area contributed by atoms with Gasteiger partial charge in [-0.25, -0.2) is 9.97 Å². The topological polar surface area (TPSA) is 129 Å². The highest BCUT2D eigenvalue weighted by Gasteiger charge is 2.44. The van der Waals surface area contributed by atoms with Gasteiger partial charge < -0.3 is 29.6 Å². The van der Waals surface area contributed by atoms with Gasteiger partial charge in [0.05, 0.1) is 25.7 Å². The largest absolute Gasteiger partial charge is 0.465 e. The average Bonchev–Trinajstić information content (AvgIpc) is 3.15.